The van der Waals surface area contributed by atoms with Crippen molar-refractivity contribution in [2.45, 2.75) is 38.8 Å². The Balaban J connectivity index is 0.000000272. The van der Waals surface area contributed by atoms with Crippen LogP contribution in [-0.4, -0.2) is 69.5 Å². The Morgan fingerprint density at radius 2 is 0.988 bits per heavy atom. The number of amidine groups is 1. The van der Waals surface area contributed by atoms with Gasteiger partial charge in [0.2, 0.25) is 0 Å². The number of benzene rings is 4. The normalized spacial score (nSPS) is 11.7. The molecule has 0 unspecified atom stereocenters. The molecule has 0 radical (unpaired) electrons. The van der Waals surface area contributed by atoms with Gasteiger partial charge in [-0.25, -0.2) is 4.98 Å². The van der Waals surface area contributed by atoms with Crippen LogP contribution in [0.4, 0.5) is 0 Å². The first-order chi connectivity index (χ1) is 38.4. The van der Waals surface area contributed by atoms with E-state index in [9.17, 15) is 14.4 Å². The number of hydrogen-bond acceptors (Lipinski definition) is 15. The van der Waals surface area contributed by atoms with Crippen LogP contribution >= 0.6 is 23.6 Å². The quantitative estimate of drug-likeness (QED) is 0.0309. The van der Waals surface area contributed by atoms with Crippen LogP contribution < -0.4 is 14.9 Å². The monoisotopic (exact) mass is 2060 g/mol. The Labute approximate surface area is 565 Å². The van der Waals surface area contributed by atoms with Crippen molar-refractivity contribution in [3.05, 3.63) is 256 Å². The fourth-order valence-electron chi connectivity index (χ4n) is 6.69. The number of fused-ring (bicyclic) bond motifs is 2. The molecule has 0 spiro atoms. The molecule has 18 nitrogen and oxygen atoms in total. The number of para-hydroxylation sites is 5. The van der Waals surface area contributed by atoms with Gasteiger partial charge in [-0.2, -0.15) is 0 Å². The minimum Gasteiger partial charge on any atom is -0.586 e. The second-order valence-corrected chi connectivity index (χ2v) is 18.8. The summed E-state index contributed by atoms with van der Waals surface area (Å²) >= 11 is 2.12. The molecule has 446 valence electrons. The molecule has 4 aromatic carbocycles. The molecule has 0 N–H and O–H groups in total. The first-order valence-electron chi connectivity index (χ1n) is 24.2. The van der Waals surface area contributed by atoms with E-state index in [1.165, 1.54) is 18.5 Å². The zero-order valence-corrected chi connectivity index (χ0v) is 57.5. The van der Waals surface area contributed by atoms with E-state index in [0.717, 1.165) is 50.1 Å². The number of hydrogen-bond donors (Lipinski definition) is 0. The van der Waals surface area contributed by atoms with Crippen molar-refractivity contribution in [3.8, 4) is 28.1 Å². The van der Waals surface area contributed by atoms with Gasteiger partial charge in [0, 0.05) is 142 Å². The van der Waals surface area contributed by atoms with Gasteiger partial charge in [-0.1, -0.05) is 149 Å². The molecular formula is C59H48N13O5Pt5S2-5. The maximum atomic E-state index is 11.6. The van der Waals surface area contributed by atoms with E-state index in [1.807, 2.05) is 96.4 Å². The smallest absolute Gasteiger partial charge is 0.166 e. The molecule has 84 heavy (non-hydrogen) atoms. The summed E-state index contributed by atoms with van der Waals surface area (Å²) in [6.07, 6.45) is 8.29. The third-order valence-electron chi connectivity index (χ3n) is 11.4. The van der Waals surface area contributed by atoms with Gasteiger partial charge in [-0.05, 0) is 129 Å². The number of rotatable bonds is 10. The average Bonchev–Trinajstić information content (AvgIpc) is 2.96. The van der Waals surface area contributed by atoms with Crippen molar-refractivity contribution >= 4 is 69.2 Å². The minimum atomic E-state index is -0.626. The van der Waals surface area contributed by atoms with E-state index < -0.39 is 17.7 Å². The molecular weight excluding hydrogens is 2010 g/mol. The first kappa shape index (κ1) is 71.9. The van der Waals surface area contributed by atoms with Crippen LogP contribution in [0, 0.1) is 0 Å². The molecule has 0 fully saturated rings. The molecule has 0 bridgehead atoms. The Bertz CT molecular complexity index is 3600. The second kappa shape index (κ2) is 36.5. The number of pyridine rings is 4. The average molecular weight is 2060 g/mol. The van der Waals surface area contributed by atoms with E-state index in [-0.39, 0.29) is 128 Å². The van der Waals surface area contributed by atoms with Gasteiger partial charge in [-0.15, -0.1) is 15.7 Å². The van der Waals surface area contributed by atoms with Gasteiger partial charge < -0.3 is 59.6 Å². The van der Waals surface area contributed by atoms with E-state index in [2.05, 4.69) is 92.9 Å². The standard InChI is InChI=1S/C13H10N2O2.C12H8N3.C12H16N3.C12H10N2O3S.C10H6N3S.5Pt/c16-12(10-6-2-1-3-7-10)15-13(17)11-8-4-5-9-14-11;1-2-6-10-9(5-1)14-12(15-10)11-7-3-4-8-13-11;1-11(2)12(3,4)15-10(14-11)9-7-5-6-8-13-9;15-12(11-8-4-5-9-13-11)14-18-17-16-10-6-2-1-3-7-10;1-2-4-8-7(3-1)12-9(13-8)10-11-5-6-14-10;;;;;/h1-9H,(H,15,16,17);1-8H;5-8H,1-4H3;1-9H,(H,14,15);1-6H;;;;;/q;2*-1;;-1;;;;;/p-2. The second-order valence-electron chi connectivity index (χ2n) is 17.5. The first-order valence-corrected chi connectivity index (χ1v) is 25.8. The SMILES string of the molecule is CC1(C)N=C(c2ccccn2)[N-]C1(C)C.O=C([N-]C(=O)c1ccccn1)c1ccccc1.O=C([N-]SOOc1ccccc1)c1ccccn1.[Pt].[Pt].[Pt].[Pt].[Pt].c1ccc(-c2nc3ccccc3[n-]2)nc1.c1ccc2[n-]c(-c3nccs3)nc2c1. The Morgan fingerprint density at radius 1 is 0.500 bits per heavy atom. The van der Waals surface area contributed by atoms with Crippen LogP contribution in [0.2, 0.25) is 0 Å². The van der Waals surface area contributed by atoms with Crippen LogP contribution in [0.5, 0.6) is 5.75 Å². The Hall–Kier alpha value is -6.32. The number of aliphatic imine (C=N–C) groups is 1. The molecule has 12 rings (SSSR count). The van der Waals surface area contributed by atoms with Crippen molar-refractivity contribution in [3.63, 3.8) is 0 Å². The topological polar surface area (TPSA) is 243 Å². The largest absolute Gasteiger partial charge is 0.586 e. The van der Waals surface area contributed by atoms with Gasteiger partial charge in [0.05, 0.1) is 28.7 Å². The molecule has 0 saturated carbocycles. The van der Waals surface area contributed by atoms with E-state index in [0.29, 0.717) is 29.4 Å². The fraction of sp³-hybridized carbons (Fsp3) is 0.102. The van der Waals surface area contributed by atoms with Crippen LogP contribution in [0.15, 0.2) is 223 Å². The predicted molar refractivity (Wildman–Crippen MR) is 307 cm³/mol. The molecule has 1 aliphatic rings. The van der Waals surface area contributed by atoms with E-state index in [1.54, 1.807) is 115 Å². The van der Waals surface area contributed by atoms with Crippen LogP contribution in [0.3, 0.4) is 0 Å². The van der Waals surface area contributed by atoms with Crippen molar-refractivity contribution in [1.82, 2.24) is 44.9 Å². The van der Waals surface area contributed by atoms with Crippen molar-refractivity contribution in [2.24, 2.45) is 4.99 Å². The minimum absolute atomic E-state index is 0. The molecule has 1 aliphatic heterocycles. The summed E-state index contributed by atoms with van der Waals surface area (Å²) in [6.45, 7) is 8.41. The van der Waals surface area contributed by atoms with Crippen molar-refractivity contribution in [2.75, 3.05) is 0 Å². The maximum Gasteiger partial charge on any atom is 0.166 e. The third-order valence-corrected chi connectivity index (χ3v) is 12.5. The molecule has 7 aromatic heterocycles. The zero-order chi connectivity index (χ0) is 55.3. The van der Waals surface area contributed by atoms with Crippen molar-refractivity contribution in [1.29, 1.82) is 0 Å². The number of aromatic nitrogens is 9. The summed E-state index contributed by atoms with van der Waals surface area (Å²) in [7, 11) is 0. The number of thiazole rings is 1. The van der Waals surface area contributed by atoms with Gasteiger partial charge >= 0.3 is 0 Å². The fourth-order valence-corrected chi connectivity index (χ4v) is 7.56. The summed E-state index contributed by atoms with van der Waals surface area (Å²) in [5, 5.41) is 10.9. The third kappa shape index (κ3) is 21.3. The van der Waals surface area contributed by atoms with Gasteiger partial charge in [0.25, 0.3) is 0 Å². The predicted octanol–water partition coefficient (Wildman–Crippen LogP) is 12.9. The summed E-state index contributed by atoms with van der Waals surface area (Å²) < 4.78 is 8.29. The molecule has 0 aliphatic carbocycles. The maximum absolute atomic E-state index is 11.6. The summed E-state index contributed by atoms with van der Waals surface area (Å²) in [5.74, 6) is 1.06. The molecule has 8 heterocycles. The summed E-state index contributed by atoms with van der Waals surface area (Å²) in [5.41, 5.74) is 5.86. The van der Waals surface area contributed by atoms with Crippen molar-refractivity contribution < 1.29 is 129 Å². The van der Waals surface area contributed by atoms with Gasteiger partial charge in [0.1, 0.15) is 16.8 Å². The molecule has 0 saturated heterocycles. The number of carbonyl (C=O) groups excluding carboxylic acids is 3. The summed E-state index contributed by atoms with van der Waals surface area (Å²) in [6, 6.07) is 54.4. The van der Waals surface area contributed by atoms with E-state index in [4.69, 9.17) is 9.22 Å². The van der Waals surface area contributed by atoms with Gasteiger partial charge in [-0.3, -0.25) is 19.9 Å². The zero-order valence-electron chi connectivity index (χ0n) is 44.5. The van der Waals surface area contributed by atoms with Crippen LogP contribution in [0.25, 0.3) is 59.8 Å². The summed E-state index contributed by atoms with van der Waals surface area (Å²) in [4.78, 5) is 82.1. The molecule has 25 heteroatoms. The number of imide groups is 1. The number of imidazole rings is 2. The van der Waals surface area contributed by atoms with Gasteiger partial charge in [0.15, 0.2) is 5.75 Å². The molecule has 3 amide bonds. The van der Waals surface area contributed by atoms with Crippen LogP contribution in [-0.2, 0) is 110 Å². The molecule has 0 atom stereocenters. The Morgan fingerprint density at radius 3 is 1.49 bits per heavy atom. The molecule has 11 aromatic rings. The number of carbonyl (C=O) groups is 3. The van der Waals surface area contributed by atoms with Crippen LogP contribution in [0.1, 0.15) is 64.7 Å². The number of amides is 3. The van der Waals surface area contributed by atoms with E-state index >= 15 is 0 Å². The Kier molecular flexibility index (Phi) is 31.3. The number of nitrogens with zero attached hydrogens (tertiary/aromatic N) is 13.